The molecule has 0 atom stereocenters. The minimum absolute atomic E-state index is 0.285. The summed E-state index contributed by atoms with van der Waals surface area (Å²) in [6, 6.07) is 0.657. The van der Waals surface area contributed by atoms with Gasteiger partial charge in [-0.2, -0.15) is 0 Å². The van der Waals surface area contributed by atoms with Crippen molar-refractivity contribution in [1.29, 1.82) is 0 Å². The minimum Gasteiger partial charge on any atom is -0.409 e. The van der Waals surface area contributed by atoms with Crippen molar-refractivity contribution in [3.63, 3.8) is 0 Å². The summed E-state index contributed by atoms with van der Waals surface area (Å²) in [4.78, 5) is 2.43. The molecule has 1 fully saturated rings. The van der Waals surface area contributed by atoms with Gasteiger partial charge >= 0.3 is 0 Å². The van der Waals surface area contributed by atoms with Gasteiger partial charge in [-0.05, 0) is 38.1 Å². The summed E-state index contributed by atoms with van der Waals surface area (Å²) in [5, 5.41) is 11.7. The zero-order chi connectivity index (χ0) is 12.2. The average Bonchev–Trinajstić information content (AvgIpc) is 2.99. The van der Waals surface area contributed by atoms with Gasteiger partial charge in [0.1, 0.15) is 5.84 Å². The van der Waals surface area contributed by atoms with Crippen LogP contribution < -0.4 is 5.73 Å². The first-order valence-electron chi connectivity index (χ1n) is 6.23. The third-order valence-electron chi connectivity index (χ3n) is 3.79. The van der Waals surface area contributed by atoms with E-state index in [1.807, 2.05) is 0 Å². The highest BCUT2D eigenvalue weighted by Gasteiger charge is 2.44. The first-order valence-corrected chi connectivity index (χ1v) is 6.23. The van der Waals surface area contributed by atoms with Crippen molar-refractivity contribution in [1.82, 2.24) is 4.90 Å². The van der Waals surface area contributed by atoms with E-state index >= 15 is 0 Å². The molecule has 0 heterocycles. The van der Waals surface area contributed by atoms with E-state index in [4.69, 9.17) is 10.9 Å². The number of hydrogen-bond acceptors (Lipinski definition) is 3. The van der Waals surface area contributed by atoms with E-state index in [0.717, 1.165) is 13.0 Å². The molecule has 0 amide bonds. The van der Waals surface area contributed by atoms with Crippen molar-refractivity contribution < 1.29 is 5.21 Å². The van der Waals surface area contributed by atoms with Crippen molar-refractivity contribution in [3.8, 4) is 0 Å². The Kier molecular flexibility index (Phi) is 4.59. The van der Waals surface area contributed by atoms with Crippen LogP contribution in [0.15, 0.2) is 5.16 Å². The molecule has 4 nitrogen and oxygen atoms in total. The predicted octanol–water partition coefficient (Wildman–Crippen LogP) is 2.02. The lowest BCUT2D eigenvalue weighted by Gasteiger charge is -2.30. The first kappa shape index (κ1) is 13.3. The Bertz CT molecular complexity index is 245. The third kappa shape index (κ3) is 3.37. The predicted molar refractivity (Wildman–Crippen MR) is 66.7 cm³/mol. The number of amidine groups is 1. The third-order valence-corrected chi connectivity index (χ3v) is 3.79. The zero-order valence-electron chi connectivity index (χ0n) is 10.7. The Hall–Kier alpha value is -0.770. The van der Waals surface area contributed by atoms with Crippen molar-refractivity contribution in [2.75, 3.05) is 13.6 Å². The Balaban J connectivity index is 2.46. The molecule has 0 aromatic rings. The van der Waals surface area contributed by atoms with Gasteiger partial charge in [-0.25, -0.2) is 0 Å². The van der Waals surface area contributed by atoms with Crippen molar-refractivity contribution in [2.45, 2.75) is 52.0 Å². The van der Waals surface area contributed by atoms with Crippen LogP contribution in [0.1, 0.15) is 46.0 Å². The summed E-state index contributed by atoms with van der Waals surface area (Å²) < 4.78 is 0. The maximum absolute atomic E-state index is 8.61. The van der Waals surface area contributed by atoms with Crippen LogP contribution in [0.3, 0.4) is 0 Å². The van der Waals surface area contributed by atoms with Gasteiger partial charge < -0.3 is 15.8 Å². The monoisotopic (exact) mass is 227 g/mol. The Morgan fingerprint density at radius 3 is 2.38 bits per heavy atom. The molecule has 0 aromatic carbocycles. The highest BCUT2D eigenvalue weighted by Crippen LogP contribution is 2.49. The zero-order valence-corrected chi connectivity index (χ0v) is 10.7. The quantitative estimate of drug-likeness (QED) is 0.303. The second-order valence-corrected chi connectivity index (χ2v) is 5.15. The van der Waals surface area contributed by atoms with Crippen LogP contribution in [0.4, 0.5) is 0 Å². The number of hydrogen-bond donors (Lipinski definition) is 2. The lowest BCUT2D eigenvalue weighted by atomic mass is 9.99. The molecule has 0 saturated heterocycles. The van der Waals surface area contributed by atoms with Gasteiger partial charge in [-0.15, -0.1) is 0 Å². The van der Waals surface area contributed by atoms with Crippen LogP contribution in [0.5, 0.6) is 0 Å². The SMILES string of the molecule is CCC(CC)N(C)CC1(CC(N)=NO)CC1. The number of nitrogens with two attached hydrogens (primary N) is 1. The van der Waals surface area contributed by atoms with Gasteiger partial charge in [-0.1, -0.05) is 19.0 Å². The summed E-state index contributed by atoms with van der Waals surface area (Å²) in [7, 11) is 2.18. The Morgan fingerprint density at radius 2 is 2.00 bits per heavy atom. The molecule has 94 valence electrons. The van der Waals surface area contributed by atoms with Crippen LogP contribution in [-0.4, -0.2) is 35.6 Å². The maximum Gasteiger partial charge on any atom is 0.139 e. The van der Waals surface area contributed by atoms with Crippen LogP contribution in [0.2, 0.25) is 0 Å². The molecular formula is C12H25N3O. The lowest BCUT2D eigenvalue weighted by molar-refractivity contribution is 0.188. The smallest absolute Gasteiger partial charge is 0.139 e. The summed E-state index contributed by atoms with van der Waals surface area (Å²) >= 11 is 0. The molecule has 3 N–H and O–H groups in total. The van der Waals surface area contributed by atoms with Gasteiger partial charge in [0.25, 0.3) is 0 Å². The molecule has 16 heavy (non-hydrogen) atoms. The molecule has 0 spiro atoms. The minimum atomic E-state index is 0.285. The molecule has 1 aliphatic carbocycles. The fourth-order valence-corrected chi connectivity index (χ4v) is 2.56. The topological polar surface area (TPSA) is 61.8 Å². The average molecular weight is 227 g/mol. The highest BCUT2D eigenvalue weighted by molar-refractivity contribution is 5.80. The van der Waals surface area contributed by atoms with Crippen LogP contribution in [-0.2, 0) is 0 Å². The number of oxime groups is 1. The van der Waals surface area contributed by atoms with E-state index in [1.165, 1.54) is 25.7 Å². The number of nitrogens with zero attached hydrogens (tertiary/aromatic N) is 2. The Labute approximate surface area is 98.5 Å². The highest BCUT2D eigenvalue weighted by atomic mass is 16.4. The summed E-state index contributed by atoms with van der Waals surface area (Å²) in [5.41, 5.74) is 5.88. The molecular weight excluding hydrogens is 202 g/mol. The number of rotatable bonds is 7. The molecule has 0 bridgehead atoms. The van der Waals surface area contributed by atoms with E-state index in [1.54, 1.807) is 0 Å². The normalized spacial score (nSPS) is 19.4. The molecule has 1 aliphatic rings. The molecule has 1 rings (SSSR count). The van der Waals surface area contributed by atoms with Crippen LogP contribution in [0, 0.1) is 5.41 Å². The van der Waals surface area contributed by atoms with E-state index in [9.17, 15) is 0 Å². The van der Waals surface area contributed by atoms with E-state index < -0.39 is 0 Å². The van der Waals surface area contributed by atoms with Crippen LogP contribution >= 0.6 is 0 Å². The standard InChI is InChI=1S/C12H25N3O/c1-4-10(5-2)15(3)9-12(6-7-12)8-11(13)14-16/h10,16H,4-9H2,1-3H3,(H2,13,14). The van der Waals surface area contributed by atoms with Crippen molar-refractivity contribution >= 4 is 5.84 Å². The largest absolute Gasteiger partial charge is 0.409 e. The fraction of sp³-hybridized carbons (Fsp3) is 0.917. The van der Waals surface area contributed by atoms with E-state index in [2.05, 4.69) is 31.0 Å². The first-order chi connectivity index (χ1) is 7.56. The van der Waals surface area contributed by atoms with Gasteiger partial charge in [0.2, 0.25) is 0 Å². The van der Waals surface area contributed by atoms with E-state index in [0.29, 0.717) is 11.9 Å². The second-order valence-electron chi connectivity index (χ2n) is 5.15. The maximum atomic E-state index is 8.61. The molecule has 4 heteroatoms. The summed E-state index contributed by atoms with van der Waals surface area (Å²) in [6.07, 6.45) is 5.51. The van der Waals surface area contributed by atoms with Gasteiger partial charge in [0.15, 0.2) is 0 Å². The molecule has 0 unspecified atom stereocenters. The lowest BCUT2D eigenvalue weighted by Crippen LogP contribution is -2.37. The second kappa shape index (κ2) is 5.53. The van der Waals surface area contributed by atoms with Gasteiger partial charge in [0, 0.05) is 19.0 Å². The summed E-state index contributed by atoms with van der Waals surface area (Å²) in [5.74, 6) is 0.371. The molecule has 0 aromatic heterocycles. The summed E-state index contributed by atoms with van der Waals surface area (Å²) in [6.45, 7) is 5.52. The fourth-order valence-electron chi connectivity index (χ4n) is 2.56. The Morgan fingerprint density at radius 1 is 1.44 bits per heavy atom. The van der Waals surface area contributed by atoms with Crippen molar-refractivity contribution in [2.24, 2.45) is 16.3 Å². The van der Waals surface area contributed by atoms with Gasteiger partial charge in [0.05, 0.1) is 0 Å². The van der Waals surface area contributed by atoms with Gasteiger partial charge in [-0.3, -0.25) is 0 Å². The van der Waals surface area contributed by atoms with Crippen molar-refractivity contribution in [3.05, 3.63) is 0 Å². The van der Waals surface area contributed by atoms with Crippen LogP contribution in [0.25, 0.3) is 0 Å². The molecule has 0 radical (unpaired) electrons. The molecule has 0 aliphatic heterocycles. The molecule has 1 saturated carbocycles. The van der Waals surface area contributed by atoms with E-state index in [-0.39, 0.29) is 5.41 Å².